The van der Waals surface area contributed by atoms with Crippen molar-refractivity contribution in [3.63, 3.8) is 0 Å². The zero-order chi connectivity index (χ0) is 20.5. The van der Waals surface area contributed by atoms with Crippen LogP contribution in [0, 0.1) is 0 Å². The number of amides is 1. The first-order chi connectivity index (χ1) is 14.1. The van der Waals surface area contributed by atoms with Crippen LogP contribution in [-0.4, -0.2) is 29.5 Å². The van der Waals surface area contributed by atoms with E-state index in [0.717, 1.165) is 10.6 Å². The van der Waals surface area contributed by atoms with Crippen molar-refractivity contribution in [2.75, 3.05) is 6.54 Å². The van der Waals surface area contributed by atoms with Crippen LogP contribution >= 0.6 is 0 Å². The summed E-state index contributed by atoms with van der Waals surface area (Å²) in [6.45, 7) is -0.473. The number of ether oxygens (including phenoxy) is 1. The topological polar surface area (TPSA) is 72.9 Å². The van der Waals surface area contributed by atoms with E-state index in [2.05, 4.69) is 0 Å². The summed E-state index contributed by atoms with van der Waals surface area (Å²) >= 11 is 0. The first-order valence-corrected chi connectivity index (χ1v) is 8.97. The Balaban J connectivity index is 1.70. The van der Waals surface area contributed by atoms with Crippen molar-refractivity contribution in [2.24, 2.45) is 0 Å². The smallest absolute Gasteiger partial charge is 0.363 e. The molecule has 29 heavy (non-hydrogen) atoms. The van der Waals surface area contributed by atoms with Crippen molar-refractivity contribution >= 4 is 17.8 Å². The average Bonchev–Trinajstić information content (AvgIpc) is 2.78. The molecule has 0 bridgehead atoms. The van der Waals surface area contributed by atoms with Gasteiger partial charge in [0.2, 0.25) is 0 Å². The number of rotatable bonds is 6. The van der Waals surface area contributed by atoms with E-state index in [1.54, 1.807) is 60.7 Å². The molecule has 0 aliphatic carbocycles. The van der Waals surface area contributed by atoms with Gasteiger partial charge in [-0.2, -0.15) is 5.06 Å². The van der Waals surface area contributed by atoms with E-state index in [0.29, 0.717) is 0 Å². The van der Waals surface area contributed by atoms with E-state index in [9.17, 15) is 14.4 Å². The van der Waals surface area contributed by atoms with Crippen LogP contribution in [0.2, 0.25) is 0 Å². The lowest BCUT2D eigenvalue weighted by Crippen LogP contribution is -2.38. The van der Waals surface area contributed by atoms with Gasteiger partial charge in [-0.3, -0.25) is 4.79 Å². The highest BCUT2D eigenvalue weighted by Crippen LogP contribution is 2.10. The van der Waals surface area contributed by atoms with Crippen LogP contribution in [0.5, 0.6) is 0 Å². The number of benzene rings is 3. The van der Waals surface area contributed by atoms with Gasteiger partial charge in [0.15, 0.2) is 6.54 Å². The molecule has 1 amide bonds. The van der Waals surface area contributed by atoms with Crippen molar-refractivity contribution in [2.45, 2.75) is 6.61 Å². The van der Waals surface area contributed by atoms with Crippen molar-refractivity contribution in [1.29, 1.82) is 0 Å². The van der Waals surface area contributed by atoms with E-state index in [-0.39, 0.29) is 17.7 Å². The second-order valence-electron chi connectivity index (χ2n) is 6.10. The van der Waals surface area contributed by atoms with Gasteiger partial charge < -0.3 is 9.57 Å². The largest absolute Gasteiger partial charge is 0.459 e. The van der Waals surface area contributed by atoms with Crippen molar-refractivity contribution in [3.05, 3.63) is 108 Å². The molecular formula is C23H19NO5. The maximum atomic E-state index is 12.8. The van der Waals surface area contributed by atoms with Crippen LogP contribution in [0.3, 0.4) is 0 Å². The minimum Gasteiger partial charge on any atom is -0.459 e. The number of hydrogen-bond donors (Lipinski definition) is 0. The standard InChI is InChI=1S/C23H19NO5/c25-21(28-17-18-10-4-1-5-11-18)16-24(22(26)19-12-6-2-7-13-19)29-23(27)20-14-8-3-9-15-20/h1-15H,16-17H2. The van der Waals surface area contributed by atoms with Gasteiger partial charge in [0.25, 0.3) is 5.91 Å². The zero-order valence-electron chi connectivity index (χ0n) is 15.6. The molecule has 6 heteroatoms. The molecule has 0 spiro atoms. The predicted octanol–water partition coefficient (Wildman–Crippen LogP) is 3.64. The lowest BCUT2D eigenvalue weighted by molar-refractivity contribution is -0.155. The lowest BCUT2D eigenvalue weighted by Gasteiger charge is -2.20. The number of carbonyl (C=O) groups is 3. The van der Waals surface area contributed by atoms with Crippen molar-refractivity contribution in [3.8, 4) is 0 Å². The summed E-state index contributed by atoms with van der Waals surface area (Å²) < 4.78 is 5.21. The maximum Gasteiger partial charge on any atom is 0.363 e. The quantitative estimate of drug-likeness (QED) is 0.475. The maximum absolute atomic E-state index is 12.8. The fourth-order valence-electron chi connectivity index (χ4n) is 2.50. The Morgan fingerprint density at radius 2 is 1.21 bits per heavy atom. The molecule has 0 saturated heterocycles. The number of esters is 1. The van der Waals surface area contributed by atoms with Crippen LogP contribution in [0.4, 0.5) is 0 Å². The van der Waals surface area contributed by atoms with E-state index < -0.39 is 24.4 Å². The van der Waals surface area contributed by atoms with Gasteiger partial charge in [-0.05, 0) is 29.8 Å². The Morgan fingerprint density at radius 1 is 0.690 bits per heavy atom. The van der Waals surface area contributed by atoms with Gasteiger partial charge in [0, 0.05) is 5.56 Å². The highest BCUT2D eigenvalue weighted by Gasteiger charge is 2.24. The predicted molar refractivity (Wildman–Crippen MR) is 106 cm³/mol. The molecule has 3 aromatic rings. The molecule has 0 aliphatic rings. The molecule has 3 aromatic carbocycles. The van der Waals surface area contributed by atoms with Crippen LogP contribution < -0.4 is 0 Å². The fraction of sp³-hybridized carbons (Fsp3) is 0.0870. The van der Waals surface area contributed by atoms with Gasteiger partial charge in [-0.25, -0.2) is 9.59 Å². The molecule has 0 aromatic heterocycles. The monoisotopic (exact) mass is 389 g/mol. The summed E-state index contributed by atoms with van der Waals surface area (Å²) in [6.07, 6.45) is 0. The van der Waals surface area contributed by atoms with Gasteiger partial charge >= 0.3 is 11.9 Å². The molecule has 6 nitrogen and oxygen atoms in total. The highest BCUT2D eigenvalue weighted by atomic mass is 16.7. The third kappa shape index (κ3) is 5.77. The summed E-state index contributed by atoms with van der Waals surface area (Å²) in [5.74, 6) is -2.06. The summed E-state index contributed by atoms with van der Waals surface area (Å²) in [5, 5.41) is 0.720. The summed E-state index contributed by atoms with van der Waals surface area (Å²) in [6, 6.07) is 25.6. The average molecular weight is 389 g/mol. The van der Waals surface area contributed by atoms with Gasteiger partial charge in [-0.1, -0.05) is 66.7 Å². The van der Waals surface area contributed by atoms with Crippen LogP contribution in [0.1, 0.15) is 26.3 Å². The molecule has 146 valence electrons. The van der Waals surface area contributed by atoms with E-state index >= 15 is 0 Å². The van der Waals surface area contributed by atoms with Crippen LogP contribution in [-0.2, 0) is 21.0 Å². The molecule has 0 saturated carbocycles. The highest BCUT2D eigenvalue weighted by molar-refractivity contribution is 5.97. The van der Waals surface area contributed by atoms with Crippen molar-refractivity contribution in [1.82, 2.24) is 5.06 Å². The number of nitrogens with zero attached hydrogens (tertiary/aromatic N) is 1. The Labute approximate surface area is 168 Å². The summed E-state index contributed by atoms with van der Waals surface area (Å²) in [5.41, 5.74) is 1.35. The second kappa shape index (κ2) is 9.85. The van der Waals surface area contributed by atoms with Gasteiger partial charge in [0.1, 0.15) is 6.61 Å². The van der Waals surface area contributed by atoms with Gasteiger partial charge in [-0.15, -0.1) is 0 Å². The Hall–Kier alpha value is -3.93. The van der Waals surface area contributed by atoms with Crippen molar-refractivity contribution < 1.29 is 24.0 Å². The van der Waals surface area contributed by atoms with E-state index in [4.69, 9.17) is 9.57 Å². The SMILES string of the molecule is O=C(CN(OC(=O)c1ccccc1)C(=O)c1ccccc1)OCc1ccccc1. The third-order valence-electron chi connectivity index (χ3n) is 3.97. The first kappa shape index (κ1) is 19.8. The molecule has 0 unspecified atom stereocenters. The Bertz CT molecular complexity index is 958. The zero-order valence-corrected chi connectivity index (χ0v) is 15.6. The third-order valence-corrected chi connectivity index (χ3v) is 3.97. The molecule has 0 heterocycles. The fourth-order valence-corrected chi connectivity index (χ4v) is 2.50. The molecule has 0 atom stereocenters. The molecular weight excluding hydrogens is 370 g/mol. The van der Waals surface area contributed by atoms with Gasteiger partial charge in [0.05, 0.1) is 5.56 Å². The summed E-state index contributed by atoms with van der Waals surface area (Å²) in [7, 11) is 0. The Morgan fingerprint density at radius 3 is 1.79 bits per heavy atom. The first-order valence-electron chi connectivity index (χ1n) is 8.97. The Kier molecular flexibility index (Phi) is 6.73. The molecule has 0 aliphatic heterocycles. The molecule has 3 rings (SSSR count). The molecule has 0 radical (unpaired) electrons. The minimum absolute atomic E-state index is 0.0552. The number of carbonyl (C=O) groups excluding carboxylic acids is 3. The second-order valence-corrected chi connectivity index (χ2v) is 6.10. The number of hydroxylamine groups is 2. The normalized spacial score (nSPS) is 10.1. The number of hydrogen-bond acceptors (Lipinski definition) is 5. The van der Waals surface area contributed by atoms with E-state index in [1.807, 2.05) is 30.3 Å². The van der Waals surface area contributed by atoms with Crippen LogP contribution in [0.25, 0.3) is 0 Å². The molecule has 0 fully saturated rings. The van der Waals surface area contributed by atoms with E-state index in [1.165, 1.54) is 0 Å². The molecule has 0 N–H and O–H groups in total. The lowest BCUT2D eigenvalue weighted by atomic mass is 10.2. The minimum atomic E-state index is -0.745. The van der Waals surface area contributed by atoms with Crippen LogP contribution in [0.15, 0.2) is 91.0 Å². The summed E-state index contributed by atoms with van der Waals surface area (Å²) in [4.78, 5) is 42.6.